The number of nitrogens with zero attached hydrogens (tertiary/aromatic N) is 2. The number of hydrogen-bond donors (Lipinski definition) is 0. The Morgan fingerprint density at radius 1 is 1.36 bits per heavy atom. The van der Waals surface area contributed by atoms with Crippen LogP contribution in [0, 0.1) is 5.41 Å². The second kappa shape index (κ2) is 4.63. The molecule has 0 saturated carbocycles. The zero-order valence-electron chi connectivity index (χ0n) is 9.88. The summed E-state index contributed by atoms with van der Waals surface area (Å²) in [5, 5.41) is 4.32. The fourth-order valence-electron chi connectivity index (χ4n) is 1.41. The molecule has 0 fully saturated rings. The normalized spacial score (nSPS) is 12.0. The molecule has 0 spiro atoms. The van der Waals surface area contributed by atoms with Crippen LogP contribution in [0.5, 0.6) is 0 Å². The Bertz CT molecular complexity index is 268. The van der Waals surface area contributed by atoms with E-state index in [-0.39, 0.29) is 0 Å². The summed E-state index contributed by atoms with van der Waals surface area (Å²) in [5.74, 6) is 0. The fraction of sp³-hybridized carbons (Fsp3) is 0.750. The van der Waals surface area contributed by atoms with Crippen LogP contribution in [0.3, 0.4) is 0 Å². The average molecular weight is 194 g/mol. The molecule has 2 nitrogen and oxygen atoms in total. The summed E-state index contributed by atoms with van der Waals surface area (Å²) in [4.78, 5) is 0. The minimum absolute atomic E-state index is 0.423. The van der Waals surface area contributed by atoms with Crippen LogP contribution in [0.1, 0.15) is 46.1 Å². The fourth-order valence-corrected chi connectivity index (χ4v) is 1.41. The van der Waals surface area contributed by atoms with Gasteiger partial charge in [-0.25, -0.2) is 0 Å². The van der Waals surface area contributed by atoms with Crippen molar-refractivity contribution in [2.45, 2.75) is 53.5 Å². The van der Waals surface area contributed by atoms with Crippen molar-refractivity contribution in [3.63, 3.8) is 0 Å². The van der Waals surface area contributed by atoms with E-state index in [1.54, 1.807) is 0 Å². The highest BCUT2D eigenvalue weighted by atomic mass is 15.3. The number of hydrogen-bond acceptors (Lipinski definition) is 1. The van der Waals surface area contributed by atoms with Gasteiger partial charge >= 0.3 is 0 Å². The Kier molecular flexibility index (Phi) is 3.73. The minimum Gasteiger partial charge on any atom is -0.272 e. The third-order valence-corrected chi connectivity index (χ3v) is 2.30. The number of rotatable bonds is 4. The maximum atomic E-state index is 4.32. The molecule has 0 N–H and O–H groups in total. The molecule has 14 heavy (non-hydrogen) atoms. The summed E-state index contributed by atoms with van der Waals surface area (Å²) in [7, 11) is 0. The van der Waals surface area contributed by atoms with Crippen molar-refractivity contribution in [2.75, 3.05) is 0 Å². The SMILES string of the molecule is CCCn1cc(CCC(C)(C)C)cn1. The Labute approximate surface area is 87.3 Å². The molecular weight excluding hydrogens is 172 g/mol. The molecular formula is C12H22N2. The summed E-state index contributed by atoms with van der Waals surface area (Å²) in [6.45, 7) is 10.1. The molecule has 0 atom stereocenters. The number of aryl methyl sites for hydroxylation is 2. The maximum absolute atomic E-state index is 4.32. The van der Waals surface area contributed by atoms with Crippen LogP contribution >= 0.6 is 0 Å². The number of aromatic nitrogens is 2. The van der Waals surface area contributed by atoms with Gasteiger partial charge in [-0.1, -0.05) is 27.7 Å². The zero-order valence-corrected chi connectivity index (χ0v) is 9.88. The molecule has 1 aromatic heterocycles. The molecule has 0 radical (unpaired) electrons. The van der Waals surface area contributed by atoms with Crippen molar-refractivity contribution in [3.05, 3.63) is 18.0 Å². The summed E-state index contributed by atoms with van der Waals surface area (Å²) < 4.78 is 2.04. The summed E-state index contributed by atoms with van der Waals surface area (Å²) in [6, 6.07) is 0. The smallest absolute Gasteiger partial charge is 0.0521 e. The van der Waals surface area contributed by atoms with E-state index in [0.717, 1.165) is 19.4 Å². The maximum Gasteiger partial charge on any atom is 0.0521 e. The van der Waals surface area contributed by atoms with Gasteiger partial charge in [-0.3, -0.25) is 4.68 Å². The first-order chi connectivity index (χ1) is 6.51. The van der Waals surface area contributed by atoms with Crippen LogP contribution in [0.15, 0.2) is 12.4 Å². The topological polar surface area (TPSA) is 17.8 Å². The lowest BCUT2D eigenvalue weighted by Crippen LogP contribution is -2.05. The summed E-state index contributed by atoms with van der Waals surface area (Å²) >= 11 is 0. The van der Waals surface area contributed by atoms with E-state index in [2.05, 4.69) is 39.0 Å². The van der Waals surface area contributed by atoms with Crippen LogP contribution in [0.2, 0.25) is 0 Å². The molecule has 1 rings (SSSR count). The van der Waals surface area contributed by atoms with Crippen LogP contribution in [0.4, 0.5) is 0 Å². The van der Waals surface area contributed by atoms with Gasteiger partial charge in [0.1, 0.15) is 0 Å². The lowest BCUT2D eigenvalue weighted by Gasteiger charge is -2.16. The van der Waals surface area contributed by atoms with Crippen molar-refractivity contribution in [1.82, 2.24) is 9.78 Å². The molecule has 0 unspecified atom stereocenters. The predicted molar refractivity (Wildman–Crippen MR) is 60.3 cm³/mol. The molecule has 1 heterocycles. The molecule has 0 saturated heterocycles. The van der Waals surface area contributed by atoms with E-state index in [4.69, 9.17) is 0 Å². The van der Waals surface area contributed by atoms with Gasteiger partial charge in [0.05, 0.1) is 6.20 Å². The average Bonchev–Trinajstić information content (AvgIpc) is 2.49. The quantitative estimate of drug-likeness (QED) is 0.719. The molecule has 0 aliphatic carbocycles. The Balaban J connectivity index is 2.44. The largest absolute Gasteiger partial charge is 0.272 e. The first kappa shape index (κ1) is 11.3. The second-order valence-electron chi connectivity index (χ2n) is 5.17. The Hall–Kier alpha value is -0.790. The molecule has 0 bridgehead atoms. The molecule has 0 aliphatic rings. The molecule has 0 amide bonds. The molecule has 1 aromatic rings. The van der Waals surface area contributed by atoms with Crippen molar-refractivity contribution in [1.29, 1.82) is 0 Å². The van der Waals surface area contributed by atoms with Gasteiger partial charge in [0.25, 0.3) is 0 Å². The monoisotopic (exact) mass is 194 g/mol. The molecule has 0 aliphatic heterocycles. The van der Waals surface area contributed by atoms with Crippen molar-refractivity contribution >= 4 is 0 Å². The molecule has 0 aromatic carbocycles. The van der Waals surface area contributed by atoms with Gasteiger partial charge < -0.3 is 0 Å². The van der Waals surface area contributed by atoms with E-state index in [0.29, 0.717) is 5.41 Å². The highest BCUT2D eigenvalue weighted by Crippen LogP contribution is 2.21. The van der Waals surface area contributed by atoms with Gasteiger partial charge in [-0.15, -0.1) is 0 Å². The Morgan fingerprint density at radius 2 is 2.07 bits per heavy atom. The standard InChI is InChI=1S/C12H22N2/c1-5-8-14-10-11(9-13-14)6-7-12(2,3)4/h9-10H,5-8H2,1-4H3. The van der Waals surface area contributed by atoms with Crippen molar-refractivity contribution in [2.24, 2.45) is 5.41 Å². The minimum atomic E-state index is 0.423. The van der Waals surface area contributed by atoms with Gasteiger partial charge in [0.2, 0.25) is 0 Å². The van der Waals surface area contributed by atoms with Gasteiger partial charge in [-0.05, 0) is 30.2 Å². The van der Waals surface area contributed by atoms with E-state index in [1.807, 2.05) is 10.9 Å². The predicted octanol–water partition coefficient (Wildman–Crippen LogP) is 3.27. The molecule has 80 valence electrons. The highest BCUT2D eigenvalue weighted by molar-refractivity contribution is 5.04. The van der Waals surface area contributed by atoms with Gasteiger partial charge in [0, 0.05) is 12.7 Å². The van der Waals surface area contributed by atoms with E-state index in [9.17, 15) is 0 Å². The van der Waals surface area contributed by atoms with E-state index in [1.165, 1.54) is 12.0 Å². The molecule has 2 heteroatoms. The van der Waals surface area contributed by atoms with Crippen LogP contribution in [-0.4, -0.2) is 9.78 Å². The van der Waals surface area contributed by atoms with Crippen molar-refractivity contribution < 1.29 is 0 Å². The lowest BCUT2D eigenvalue weighted by molar-refractivity contribution is 0.378. The second-order valence-corrected chi connectivity index (χ2v) is 5.17. The highest BCUT2D eigenvalue weighted by Gasteiger charge is 2.10. The first-order valence-corrected chi connectivity index (χ1v) is 5.52. The van der Waals surface area contributed by atoms with Crippen LogP contribution < -0.4 is 0 Å². The summed E-state index contributed by atoms with van der Waals surface area (Å²) in [6.07, 6.45) is 7.70. The van der Waals surface area contributed by atoms with Crippen LogP contribution in [-0.2, 0) is 13.0 Å². The van der Waals surface area contributed by atoms with Crippen LogP contribution in [0.25, 0.3) is 0 Å². The summed E-state index contributed by atoms with van der Waals surface area (Å²) in [5.41, 5.74) is 1.79. The van der Waals surface area contributed by atoms with Gasteiger partial charge in [-0.2, -0.15) is 5.10 Å². The lowest BCUT2D eigenvalue weighted by atomic mass is 9.89. The Morgan fingerprint density at radius 3 is 2.64 bits per heavy atom. The van der Waals surface area contributed by atoms with E-state index >= 15 is 0 Å². The van der Waals surface area contributed by atoms with Gasteiger partial charge in [0.15, 0.2) is 0 Å². The zero-order chi connectivity index (χ0) is 10.6. The van der Waals surface area contributed by atoms with E-state index < -0.39 is 0 Å². The first-order valence-electron chi connectivity index (χ1n) is 5.52. The van der Waals surface area contributed by atoms with Crippen molar-refractivity contribution in [3.8, 4) is 0 Å². The third kappa shape index (κ3) is 3.95. The third-order valence-electron chi connectivity index (χ3n) is 2.30.